The van der Waals surface area contributed by atoms with Gasteiger partial charge in [-0.2, -0.15) is 0 Å². The Balaban J connectivity index is 2.30. The molecule has 1 heteroatoms. The maximum Gasteiger partial charge on any atom is 0.0351 e. The van der Waals surface area contributed by atoms with E-state index in [0.29, 0.717) is 6.04 Å². The van der Waals surface area contributed by atoms with Gasteiger partial charge < -0.3 is 5.32 Å². The first-order chi connectivity index (χ1) is 9.52. The van der Waals surface area contributed by atoms with Crippen LogP contribution in [0.5, 0.6) is 0 Å². The minimum absolute atomic E-state index is 0.544. The molecular formula is C19H31N. The minimum atomic E-state index is 0.544. The SMILES string of the molecule is CCNC(c1cc(C)c(C)cc1C)C1CCCC(C)C1. The van der Waals surface area contributed by atoms with E-state index in [1.165, 1.54) is 47.9 Å². The predicted octanol–water partition coefficient (Wildman–Crippen LogP) is 5.09. The van der Waals surface area contributed by atoms with Crippen LogP contribution >= 0.6 is 0 Å². The van der Waals surface area contributed by atoms with E-state index >= 15 is 0 Å². The molecule has 20 heavy (non-hydrogen) atoms. The van der Waals surface area contributed by atoms with Crippen LogP contribution < -0.4 is 5.32 Å². The number of hydrogen-bond donors (Lipinski definition) is 1. The molecule has 1 aromatic carbocycles. The van der Waals surface area contributed by atoms with Crippen LogP contribution in [-0.4, -0.2) is 6.54 Å². The van der Waals surface area contributed by atoms with Gasteiger partial charge in [0.05, 0.1) is 0 Å². The van der Waals surface area contributed by atoms with Crippen LogP contribution in [0.3, 0.4) is 0 Å². The number of aryl methyl sites for hydroxylation is 3. The lowest BCUT2D eigenvalue weighted by Crippen LogP contribution is -2.31. The van der Waals surface area contributed by atoms with E-state index in [1.807, 2.05) is 0 Å². The summed E-state index contributed by atoms with van der Waals surface area (Å²) >= 11 is 0. The average molecular weight is 273 g/mol. The average Bonchev–Trinajstić information content (AvgIpc) is 2.40. The van der Waals surface area contributed by atoms with Gasteiger partial charge in [-0.25, -0.2) is 0 Å². The molecule has 0 radical (unpaired) electrons. The first kappa shape index (κ1) is 15.6. The molecule has 0 aliphatic heterocycles. The maximum absolute atomic E-state index is 3.78. The molecule has 0 heterocycles. The summed E-state index contributed by atoms with van der Waals surface area (Å²) < 4.78 is 0. The second-order valence-corrected chi connectivity index (χ2v) is 6.86. The van der Waals surface area contributed by atoms with Gasteiger partial charge in [-0.1, -0.05) is 38.8 Å². The van der Waals surface area contributed by atoms with Crippen LogP contribution in [0.25, 0.3) is 0 Å². The lowest BCUT2D eigenvalue weighted by molar-refractivity contribution is 0.225. The summed E-state index contributed by atoms with van der Waals surface area (Å²) in [6, 6.07) is 5.33. The molecule has 0 bridgehead atoms. The highest BCUT2D eigenvalue weighted by Crippen LogP contribution is 2.38. The largest absolute Gasteiger partial charge is 0.310 e. The van der Waals surface area contributed by atoms with Crippen LogP contribution in [0, 0.1) is 32.6 Å². The molecule has 1 aliphatic rings. The molecule has 1 saturated carbocycles. The molecule has 0 spiro atoms. The summed E-state index contributed by atoms with van der Waals surface area (Å²) in [7, 11) is 0. The van der Waals surface area contributed by atoms with E-state index in [4.69, 9.17) is 0 Å². The number of hydrogen-bond acceptors (Lipinski definition) is 1. The van der Waals surface area contributed by atoms with E-state index in [2.05, 4.69) is 52.1 Å². The van der Waals surface area contributed by atoms with Crippen molar-refractivity contribution < 1.29 is 0 Å². The van der Waals surface area contributed by atoms with Crippen molar-refractivity contribution in [1.29, 1.82) is 0 Å². The fraction of sp³-hybridized carbons (Fsp3) is 0.684. The molecule has 0 aromatic heterocycles. The Kier molecular flexibility index (Phi) is 5.26. The van der Waals surface area contributed by atoms with Gasteiger partial charge in [-0.3, -0.25) is 0 Å². The van der Waals surface area contributed by atoms with Crippen LogP contribution in [0.15, 0.2) is 12.1 Å². The van der Waals surface area contributed by atoms with Crippen LogP contribution in [0.1, 0.15) is 67.8 Å². The van der Waals surface area contributed by atoms with Gasteiger partial charge in [-0.05, 0) is 74.2 Å². The number of nitrogens with one attached hydrogen (secondary N) is 1. The molecule has 1 aliphatic carbocycles. The Morgan fingerprint density at radius 1 is 1.10 bits per heavy atom. The van der Waals surface area contributed by atoms with Crippen LogP contribution in [-0.2, 0) is 0 Å². The van der Waals surface area contributed by atoms with Crippen LogP contribution in [0.4, 0.5) is 0 Å². The summed E-state index contributed by atoms with van der Waals surface area (Å²) in [6.07, 6.45) is 5.58. The Labute approximate surface area is 125 Å². The molecule has 0 saturated heterocycles. The van der Waals surface area contributed by atoms with Crippen LogP contribution in [0.2, 0.25) is 0 Å². The second kappa shape index (κ2) is 6.76. The molecular weight excluding hydrogens is 242 g/mol. The highest BCUT2D eigenvalue weighted by molar-refractivity contribution is 5.38. The number of rotatable bonds is 4. The van der Waals surface area contributed by atoms with Crippen molar-refractivity contribution in [2.75, 3.05) is 6.54 Å². The van der Waals surface area contributed by atoms with Gasteiger partial charge in [0.2, 0.25) is 0 Å². The van der Waals surface area contributed by atoms with Gasteiger partial charge >= 0.3 is 0 Å². The van der Waals surface area contributed by atoms with Gasteiger partial charge in [0.1, 0.15) is 0 Å². The fourth-order valence-electron chi connectivity index (χ4n) is 3.85. The molecule has 1 aromatic rings. The lowest BCUT2D eigenvalue weighted by atomic mass is 9.75. The molecule has 1 nitrogen and oxygen atoms in total. The van der Waals surface area contributed by atoms with E-state index in [1.54, 1.807) is 0 Å². The summed E-state index contributed by atoms with van der Waals surface area (Å²) in [5, 5.41) is 3.78. The lowest BCUT2D eigenvalue weighted by Gasteiger charge is -2.35. The molecule has 3 unspecified atom stereocenters. The third-order valence-electron chi connectivity index (χ3n) is 5.09. The Morgan fingerprint density at radius 2 is 1.80 bits per heavy atom. The van der Waals surface area contributed by atoms with Gasteiger partial charge in [0, 0.05) is 6.04 Å². The zero-order valence-corrected chi connectivity index (χ0v) is 13.9. The van der Waals surface area contributed by atoms with E-state index in [-0.39, 0.29) is 0 Å². The van der Waals surface area contributed by atoms with E-state index < -0.39 is 0 Å². The third-order valence-corrected chi connectivity index (χ3v) is 5.09. The molecule has 1 N–H and O–H groups in total. The van der Waals surface area contributed by atoms with E-state index in [0.717, 1.165) is 18.4 Å². The zero-order valence-electron chi connectivity index (χ0n) is 13.9. The highest BCUT2D eigenvalue weighted by atomic mass is 14.9. The van der Waals surface area contributed by atoms with Crippen molar-refractivity contribution in [2.24, 2.45) is 11.8 Å². The number of benzene rings is 1. The van der Waals surface area contributed by atoms with Crippen molar-refractivity contribution >= 4 is 0 Å². The summed E-state index contributed by atoms with van der Waals surface area (Å²) in [6.45, 7) is 12.4. The molecule has 112 valence electrons. The first-order valence-electron chi connectivity index (χ1n) is 8.34. The quantitative estimate of drug-likeness (QED) is 0.806. The molecule has 1 fully saturated rings. The van der Waals surface area contributed by atoms with Crippen molar-refractivity contribution in [2.45, 2.75) is 66.3 Å². The Bertz CT molecular complexity index is 449. The molecule has 3 atom stereocenters. The van der Waals surface area contributed by atoms with Gasteiger partial charge in [0.15, 0.2) is 0 Å². The standard InChI is InChI=1S/C19H31N/c1-6-20-19(17-9-7-8-13(2)10-17)18-12-15(4)14(3)11-16(18)5/h11-13,17,19-20H,6-10H2,1-5H3. The summed E-state index contributed by atoms with van der Waals surface area (Å²) in [5.41, 5.74) is 5.84. The monoisotopic (exact) mass is 273 g/mol. The Hall–Kier alpha value is -0.820. The normalized spacial score (nSPS) is 24.6. The van der Waals surface area contributed by atoms with Crippen molar-refractivity contribution in [3.05, 3.63) is 34.4 Å². The topological polar surface area (TPSA) is 12.0 Å². The summed E-state index contributed by atoms with van der Waals surface area (Å²) in [4.78, 5) is 0. The summed E-state index contributed by atoms with van der Waals surface area (Å²) in [5.74, 6) is 1.70. The third kappa shape index (κ3) is 3.44. The highest BCUT2D eigenvalue weighted by Gasteiger charge is 2.28. The molecule has 2 rings (SSSR count). The Morgan fingerprint density at radius 3 is 2.45 bits per heavy atom. The predicted molar refractivity (Wildman–Crippen MR) is 88.2 cm³/mol. The van der Waals surface area contributed by atoms with Crippen molar-refractivity contribution in [1.82, 2.24) is 5.32 Å². The van der Waals surface area contributed by atoms with Gasteiger partial charge in [-0.15, -0.1) is 0 Å². The van der Waals surface area contributed by atoms with Gasteiger partial charge in [0.25, 0.3) is 0 Å². The van der Waals surface area contributed by atoms with E-state index in [9.17, 15) is 0 Å². The molecule has 0 amide bonds. The smallest absolute Gasteiger partial charge is 0.0351 e. The second-order valence-electron chi connectivity index (χ2n) is 6.86. The maximum atomic E-state index is 3.78. The fourth-order valence-corrected chi connectivity index (χ4v) is 3.85. The first-order valence-corrected chi connectivity index (χ1v) is 8.34. The van der Waals surface area contributed by atoms with Crippen molar-refractivity contribution in [3.63, 3.8) is 0 Å². The minimum Gasteiger partial charge on any atom is -0.310 e. The zero-order chi connectivity index (χ0) is 14.7. The van der Waals surface area contributed by atoms with Crippen molar-refractivity contribution in [3.8, 4) is 0 Å².